The van der Waals surface area contributed by atoms with Crippen LogP contribution in [-0.4, -0.2) is 82.7 Å². The zero-order chi connectivity index (χ0) is 32.2. The summed E-state index contributed by atoms with van der Waals surface area (Å²) in [4.78, 5) is 107. The van der Waals surface area contributed by atoms with Crippen LogP contribution in [0.2, 0.25) is 0 Å². The van der Waals surface area contributed by atoms with Crippen LogP contribution in [0.15, 0.2) is 0 Å². The van der Waals surface area contributed by atoms with E-state index in [1.54, 1.807) is 0 Å². The lowest BCUT2D eigenvalue weighted by atomic mass is 10.0. The van der Waals surface area contributed by atoms with E-state index in [1.807, 2.05) is 0 Å². The predicted octanol–water partition coefficient (Wildman–Crippen LogP) is -0.227. The van der Waals surface area contributed by atoms with Gasteiger partial charge in [0, 0.05) is 33.6 Å². The molecule has 0 heterocycles. The number of rotatable bonds is 24. The van der Waals surface area contributed by atoms with Gasteiger partial charge in [-0.05, 0) is 25.7 Å². The van der Waals surface area contributed by atoms with Crippen LogP contribution in [0.1, 0.15) is 97.8 Å². The van der Waals surface area contributed by atoms with Crippen LogP contribution in [0.4, 0.5) is 0 Å². The van der Waals surface area contributed by atoms with E-state index in [4.69, 9.17) is 11.5 Å². The summed E-state index contributed by atoms with van der Waals surface area (Å²) in [5.41, 5.74) is 10.1. The summed E-state index contributed by atoms with van der Waals surface area (Å²) in [6, 6.07) is -1.65. The van der Waals surface area contributed by atoms with Crippen molar-refractivity contribution in [1.29, 1.82) is 0 Å². The standard InChI is InChI=1S/C28H45N5O9/c1-18(34)31-23(25(39)14-27(29)41)12-8-4-6-10-21(37)16-33(20(3)36)17-22(38)11-7-5-9-13-24(32-19(2)35)26(40)15-28(30)42/h23-24H,4-17H2,1-3H3,(H2,29,41)(H2,30,42)(H,31,34)(H,32,35)/t23-,24-/m0/s1. The van der Waals surface area contributed by atoms with Gasteiger partial charge in [0.05, 0.1) is 38.0 Å². The molecule has 6 N–H and O–H groups in total. The Hall–Kier alpha value is -3.97. The van der Waals surface area contributed by atoms with Gasteiger partial charge in [-0.25, -0.2) is 0 Å². The van der Waals surface area contributed by atoms with E-state index in [0.29, 0.717) is 51.4 Å². The molecule has 5 amide bonds. The van der Waals surface area contributed by atoms with Crippen molar-refractivity contribution < 1.29 is 43.2 Å². The van der Waals surface area contributed by atoms with E-state index >= 15 is 0 Å². The number of nitrogens with one attached hydrogen (secondary N) is 2. The lowest BCUT2D eigenvalue weighted by molar-refractivity contribution is -0.136. The summed E-state index contributed by atoms with van der Waals surface area (Å²) in [6.45, 7) is 3.40. The van der Waals surface area contributed by atoms with Gasteiger partial charge in [-0.1, -0.05) is 25.7 Å². The summed E-state index contributed by atoms with van der Waals surface area (Å²) < 4.78 is 0. The molecular weight excluding hydrogens is 550 g/mol. The number of amides is 5. The van der Waals surface area contributed by atoms with Crippen molar-refractivity contribution in [1.82, 2.24) is 15.5 Å². The third-order valence-corrected chi connectivity index (χ3v) is 6.31. The van der Waals surface area contributed by atoms with Crippen LogP contribution in [0.25, 0.3) is 0 Å². The van der Waals surface area contributed by atoms with Gasteiger partial charge in [0.25, 0.3) is 0 Å². The Morgan fingerprint density at radius 1 is 0.571 bits per heavy atom. The van der Waals surface area contributed by atoms with Gasteiger partial charge < -0.3 is 27.0 Å². The number of hydrogen-bond acceptors (Lipinski definition) is 9. The van der Waals surface area contributed by atoms with Crippen LogP contribution in [-0.2, 0) is 43.2 Å². The molecule has 0 aromatic rings. The zero-order valence-electron chi connectivity index (χ0n) is 24.8. The monoisotopic (exact) mass is 595 g/mol. The minimum Gasteiger partial charge on any atom is -0.369 e. The number of primary amides is 2. The molecule has 14 nitrogen and oxygen atoms in total. The molecule has 0 aliphatic carbocycles. The van der Waals surface area contributed by atoms with Crippen molar-refractivity contribution in [3.63, 3.8) is 0 Å². The largest absolute Gasteiger partial charge is 0.369 e. The zero-order valence-corrected chi connectivity index (χ0v) is 24.8. The molecule has 0 unspecified atom stereocenters. The molecule has 0 aliphatic heterocycles. The van der Waals surface area contributed by atoms with Gasteiger partial charge in [0.2, 0.25) is 29.5 Å². The Morgan fingerprint density at radius 3 is 1.21 bits per heavy atom. The maximum absolute atomic E-state index is 12.4. The minimum absolute atomic E-state index is 0.169. The number of carbonyl (C=O) groups excluding carboxylic acids is 9. The second-order valence-electron chi connectivity index (χ2n) is 10.4. The van der Waals surface area contributed by atoms with Crippen LogP contribution in [0.5, 0.6) is 0 Å². The molecule has 0 aromatic carbocycles. The van der Waals surface area contributed by atoms with Crippen LogP contribution < -0.4 is 22.1 Å². The number of nitrogens with two attached hydrogens (primary N) is 2. The number of ketones is 4. The smallest absolute Gasteiger partial charge is 0.224 e. The maximum Gasteiger partial charge on any atom is 0.224 e. The average Bonchev–Trinajstić information content (AvgIpc) is 2.85. The number of carbonyl (C=O) groups is 9. The lowest BCUT2D eigenvalue weighted by Crippen LogP contribution is -2.41. The number of nitrogens with zero attached hydrogens (tertiary/aromatic N) is 1. The second kappa shape index (κ2) is 20.8. The lowest BCUT2D eigenvalue weighted by Gasteiger charge is -2.20. The molecule has 0 radical (unpaired) electrons. The molecule has 0 spiro atoms. The molecule has 0 saturated carbocycles. The maximum atomic E-state index is 12.4. The van der Waals surface area contributed by atoms with Gasteiger partial charge in [-0.3, -0.25) is 43.2 Å². The van der Waals surface area contributed by atoms with Crippen molar-refractivity contribution in [2.45, 2.75) is 110 Å². The Bertz CT molecular complexity index is 940. The molecule has 14 heteroatoms. The van der Waals surface area contributed by atoms with Crippen molar-refractivity contribution in [2.75, 3.05) is 13.1 Å². The van der Waals surface area contributed by atoms with Crippen LogP contribution >= 0.6 is 0 Å². The molecule has 2 atom stereocenters. The highest BCUT2D eigenvalue weighted by molar-refractivity contribution is 6.01. The van der Waals surface area contributed by atoms with Crippen molar-refractivity contribution in [3.8, 4) is 0 Å². The first-order valence-electron chi connectivity index (χ1n) is 14.1. The SMILES string of the molecule is CC(=O)N[C@@H](CCCCCC(=O)CN(CC(=O)CCCCC[C@H](NC(C)=O)C(=O)CC(N)=O)C(C)=O)C(=O)CC(N)=O. The van der Waals surface area contributed by atoms with Gasteiger partial charge in [-0.2, -0.15) is 0 Å². The fourth-order valence-electron chi connectivity index (χ4n) is 4.27. The molecule has 0 saturated heterocycles. The van der Waals surface area contributed by atoms with E-state index in [0.717, 1.165) is 0 Å². The molecule has 0 rings (SSSR count). The van der Waals surface area contributed by atoms with E-state index in [9.17, 15) is 43.2 Å². The number of hydrogen-bond donors (Lipinski definition) is 4. The number of unbranched alkanes of at least 4 members (excludes halogenated alkanes) is 4. The normalized spacial score (nSPS) is 12.0. The van der Waals surface area contributed by atoms with Gasteiger partial charge in [-0.15, -0.1) is 0 Å². The van der Waals surface area contributed by atoms with E-state index in [1.165, 1.54) is 25.7 Å². The Morgan fingerprint density at radius 2 is 0.929 bits per heavy atom. The Kier molecular flexibility index (Phi) is 18.9. The molecule has 42 heavy (non-hydrogen) atoms. The summed E-state index contributed by atoms with van der Waals surface area (Å²) in [5.74, 6) is -4.16. The molecule has 0 bridgehead atoms. The first-order chi connectivity index (χ1) is 19.6. The van der Waals surface area contributed by atoms with Gasteiger partial charge >= 0.3 is 0 Å². The molecule has 0 aliphatic rings. The number of Topliss-reactive ketones (excluding diaryl/α,β-unsaturated/α-hetero) is 4. The molecule has 0 fully saturated rings. The third kappa shape index (κ3) is 19.2. The summed E-state index contributed by atoms with van der Waals surface area (Å²) in [7, 11) is 0. The fraction of sp³-hybridized carbons (Fsp3) is 0.679. The van der Waals surface area contributed by atoms with Gasteiger partial charge in [0.1, 0.15) is 0 Å². The predicted molar refractivity (Wildman–Crippen MR) is 151 cm³/mol. The van der Waals surface area contributed by atoms with E-state index < -0.39 is 66.0 Å². The van der Waals surface area contributed by atoms with Crippen molar-refractivity contribution in [3.05, 3.63) is 0 Å². The summed E-state index contributed by atoms with van der Waals surface area (Å²) in [5, 5.41) is 5.00. The van der Waals surface area contributed by atoms with E-state index in [2.05, 4.69) is 10.6 Å². The van der Waals surface area contributed by atoms with Crippen molar-refractivity contribution in [2.24, 2.45) is 11.5 Å². The third-order valence-electron chi connectivity index (χ3n) is 6.31. The highest BCUT2D eigenvalue weighted by Gasteiger charge is 2.22. The summed E-state index contributed by atoms with van der Waals surface area (Å²) in [6.07, 6.45) is 3.13. The topological polar surface area (TPSA) is 233 Å². The van der Waals surface area contributed by atoms with E-state index in [-0.39, 0.29) is 37.5 Å². The average molecular weight is 596 g/mol. The Labute approximate surface area is 246 Å². The first kappa shape index (κ1) is 38.0. The minimum atomic E-state index is -0.826. The molecular formula is C28H45N5O9. The summed E-state index contributed by atoms with van der Waals surface area (Å²) >= 11 is 0. The quantitative estimate of drug-likeness (QED) is 0.0851. The fourth-order valence-corrected chi connectivity index (χ4v) is 4.27. The molecule has 0 aromatic heterocycles. The molecule has 236 valence electrons. The van der Waals surface area contributed by atoms with Crippen molar-refractivity contribution >= 4 is 52.7 Å². The van der Waals surface area contributed by atoms with Crippen LogP contribution in [0, 0.1) is 0 Å². The highest BCUT2D eigenvalue weighted by Crippen LogP contribution is 2.11. The highest BCUT2D eigenvalue weighted by atomic mass is 16.2. The second-order valence-corrected chi connectivity index (χ2v) is 10.4. The Balaban J connectivity index is 4.49. The van der Waals surface area contributed by atoms with Gasteiger partial charge in [0.15, 0.2) is 23.1 Å². The first-order valence-corrected chi connectivity index (χ1v) is 14.1. The van der Waals surface area contributed by atoms with Crippen LogP contribution in [0.3, 0.4) is 0 Å².